The summed E-state index contributed by atoms with van der Waals surface area (Å²) in [6.07, 6.45) is 1.84. The zero-order chi connectivity index (χ0) is 18.6. The molecule has 8 heteroatoms. The fraction of sp³-hybridized carbons (Fsp3) is 0.588. The highest BCUT2D eigenvalue weighted by Gasteiger charge is 2.31. The molecule has 0 radical (unpaired) electrons. The zero-order valence-corrected chi connectivity index (χ0v) is 16.4. The van der Waals surface area contributed by atoms with Gasteiger partial charge in [0.1, 0.15) is 4.90 Å². The molecule has 0 spiro atoms. The highest BCUT2D eigenvalue weighted by atomic mass is 35.5. The quantitative estimate of drug-likeness (QED) is 0.812. The molecule has 1 heterocycles. The summed E-state index contributed by atoms with van der Waals surface area (Å²) in [4.78, 5) is 12.3. The predicted octanol–water partition coefficient (Wildman–Crippen LogP) is 2.53. The van der Waals surface area contributed by atoms with Crippen molar-refractivity contribution in [3.63, 3.8) is 0 Å². The van der Waals surface area contributed by atoms with E-state index in [2.05, 4.69) is 5.32 Å². The third kappa shape index (κ3) is 4.94. The van der Waals surface area contributed by atoms with Crippen molar-refractivity contribution in [3.05, 3.63) is 28.8 Å². The number of ether oxygens (including phenoxy) is 1. The lowest BCUT2D eigenvalue weighted by Crippen LogP contribution is -2.39. The Balaban J connectivity index is 2.27. The summed E-state index contributed by atoms with van der Waals surface area (Å²) in [5, 5.41) is 2.89. The number of amides is 1. The summed E-state index contributed by atoms with van der Waals surface area (Å²) in [7, 11) is -2.17. The highest BCUT2D eigenvalue weighted by molar-refractivity contribution is 7.89. The van der Waals surface area contributed by atoms with Crippen LogP contribution in [0.5, 0.6) is 0 Å². The molecule has 0 saturated carbocycles. The summed E-state index contributed by atoms with van der Waals surface area (Å²) in [5.41, 5.74) is 0.260. The van der Waals surface area contributed by atoms with Crippen molar-refractivity contribution >= 4 is 27.5 Å². The minimum Gasteiger partial charge on any atom is -0.383 e. The van der Waals surface area contributed by atoms with Gasteiger partial charge in [0.05, 0.1) is 11.6 Å². The Bertz CT molecular complexity index is 723. The van der Waals surface area contributed by atoms with Gasteiger partial charge in [-0.15, -0.1) is 0 Å². The fourth-order valence-corrected chi connectivity index (χ4v) is 5.04. The van der Waals surface area contributed by atoms with E-state index in [0.29, 0.717) is 25.6 Å². The first-order valence-corrected chi connectivity index (χ1v) is 10.2. The molecule has 0 aromatic heterocycles. The van der Waals surface area contributed by atoms with E-state index >= 15 is 0 Å². The first kappa shape index (κ1) is 20.2. The van der Waals surface area contributed by atoms with Gasteiger partial charge < -0.3 is 10.1 Å². The number of hydrogen-bond acceptors (Lipinski definition) is 4. The SMILES string of the molecule is COCC(C)NC(=O)c1ccc(Cl)c(S(=O)(=O)N2CCCC(C)C2)c1. The largest absolute Gasteiger partial charge is 0.383 e. The lowest BCUT2D eigenvalue weighted by Gasteiger charge is -2.30. The second-order valence-corrected chi connectivity index (χ2v) is 8.90. The molecule has 2 unspecified atom stereocenters. The third-order valence-corrected chi connectivity index (χ3v) is 6.57. The van der Waals surface area contributed by atoms with E-state index in [0.717, 1.165) is 12.8 Å². The van der Waals surface area contributed by atoms with Crippen molar-refractivity contribution in [2.24, 2.45) is 5.92 Å². The van der Waals surface area contributed by atoms with E-state index in [1.54, 1.807) is 7.11 Å². The number of rotatable bonds is 6. The molecule has 1 aliphatic heterocycles. The summed E-state index contributed by atoms with van der Waals surface area (Å²) >= 11 is 6.14. The van der Waals surface area contributed by atoms with E-state index in [1.807, 2.05) is 13.8 Å². The van der Waals surface area contributed by atoms with Crippen molar-refractivity contribution in [2.45, 2.75) is 37.6 Å². The standard InChI is InChI=1S/C17H25ClN2O4S/c1-12-5-4-8-20(10-12)25(22,23)16-9-14(6-7-15(16)18)17(21)19-13(2)11-24-3/h6-7,9,12-13H,4-5,8,10-11H2,1-3H3,(H,19,21). The van der Waals surface area contributed by atoms with Crippen molar-refractivity contribution in [1.29, 1.82) is 0 Å². The first-order valence-electron chi connectivity index (χ1n) is 8.35. The van der Waals surface area contributed by atoms with Gasteiger partial charge in [0, 0.05) is 31.8 Å². The van der Waals surface area contributed by atoms with Crippen LogP contribution in [0.25, 0.3) is 0 Å². The van der Waals surface area contributed by atoms with Crippen LogP contribution in [0.15, 0.2) is 23.1 Å². The summed E-state index contributed by atoms with van der Waals surface area (Å²) in [5.74, 6) is -0.0478. The van der Waals surface area contributed by atoms with Crippen LogP contribution in [0.4, 0.5) is 0 Å². The Hall–Kier alpha value is -1.15. The third-order valence-electron chi connectivity index (χ3n) is 4.23. The smallest absolute Gasteiger partial charge is 0.251 e. The van der Waals surface area contributed by atoms with Gasteiger partial charge in [0.2, 0.25) is 10.0 Å². The van der Waals surface area contributed by atoms with Crippen LogP contribution in [0, 0.1) is 5.92 Å². The Morgan fingerprint density at radius 3 is 2.84 bits per heavy atom. The van der Waals surface area contributed by atoms with Gasteiger partial charge in [0.25, 0.3) is 5.91 Å². The number of hydrogen-bond donors (Lipinski definition) is 1. The van der Waals surface area contributed by atoms with E-state index in [9.17, 15) is 13.2 Å². The Morgan fingerprint density at radius 2 is 2.20 bits per heavy atom. The van der Waals surface area contributed by atoms with Crippen LogP contribution >= 0.6 is 11.6 Å². The van der Waals surface area contributed by atoms with Crippen molar-refractivity contribution < 1.29 is 17.9 Å². The normalized spacial score (nSPS) is 20.2. The van der Waals surface area contributed by atoms with Gasteiger partial charge in [-0.25, -0.2) is 8.42 Å². The monoisotopic (exact) mass is 388 g/mol. The maximum atomic E-state index is 12.9. The average Bonchev–Trinajstić information content (AvgIpc) is 2.55. The molecular weight excluding hydrogens is 364 g/mol. The molecular formula is C17H25ClN2O4S. The predicted molar refractivity (Wildman–Crippen MR) is 97.4 cm³/mol. The minimum atomic E-state index is -3.72. The van der Waals surface area contributed by atoms with E-state index in [1.165, 1.54) is 22.5 Å². The van der Waals surface area contributed by atoms with Crippen LogP contribution in [0.2, 0.25) is 5.02 Å². The first-order chi connectivity index (χ1) is 11.8. The van der Waals surface area contributed by atoms with E-state index in [4.69, 9.17) is 16.3 Å². The summed E-state index contributed by atoms with van der Waals surface area (Å²) in [6.45, 7) is 5.16. The molecule has 1 fully saturated rings. The number of benzene rings is 1. The highest BCUT2D eigenvalue weighted by Crippen LogP contribution is 2.29. The van der Waals surface area contributed by atoms with Crippen molar-refractivity contribution in [2.75, 3.05) is 26.8 Å². The summed E-state index contributed by atoms with van der Waals surface area (Å²) in [6, 6.07) is 4.15. The second kappa shape index (κ2) is 8.49. The molecule has 1 N–H and O–H groups in total. The lowest BCUT2D eigenvalue weighted by molar-refractivity contribution is 0.0905. The molecule has 1 amide bonds. The van der Waals surface area contributed by atoms with Gasteiger partial charge in [-0.3, -0.25) is 4.79 Å². The minimum absolute atomic E-state index is 0.0182. The Morgan fingerprint density at radius 1 is 1.48 bits per heavy atom. The molecule has 0 aliphatic carbocycles. The van der Waals surface area contributed by atoms with Crippen molar-refractivity contribution in [3.8, 4) is 0 Å². The number of nitrogens with zero attached hydrogens (tertiary/aromatic N) is 1. The molecule has 1 saturated heterocycles. The van der Waals surface area contributed by atoms with E-state index in [-0.39, 0.29) is 27.4 Å². The maximum Gasteiger partial charge on any atom is 0.251 e. The van der Waals surface area contributed by atoms with Crippen LogP contribution in [-0.4, -0.2) is 51.5 Å². The number of carbonyl (C=O) groups is 1. The van der Waals surface area contributed by atoms with Crippen LogP contribution in [0.1, 0.15) is 37.0 Å². The summed E-state index contributed by atoms with van der Waals surface area (Å²) < 4.78 is 32.3. The molecule has 2 atom stereocenters. The van der Waals surface area contributed by atoms with Gasteiger partial charge in [-0.1, -0.05) is 18.5 Å². The molecule has 1 aromatic rings. The maximum absolute atomic E-state index is 12.9. The average molecular weight is 389 g/mol. The van der Waals surface area contributed by atoms with Crippen LogP contribution in [-0.2, 0) is 14.8 Å². The molecule has 1 aliphatic rings. The van der Waals surface area contributed by atoms with Gasteiger partial charge in [-0.05, 0) is 43.9 Å². The number of carbonyl (C=O) groups excluding carboxylic acids is 1. The number of sulfonamides is 1. The van der Waals surface area contributed by atoms with Gasteiger partial charge in [0.15, 0.2) is 0 Å². The van der Waals surface area contributed by atoms with Gasteiger partial charge in [-0.2, -0.15) is 4.31 Å². The van der Waals surface area contributed by atoms with Gasteiger partial charge >= 0.3 is 0 Å². The molecule has 6 nitrogen and oxygen atoms in total. The number of methoxy groups -OCH3 is 1. The van der Waals surface area contributed by atoms with Crippen LogP contribution < -0.4 is 5.32 Å². The number of piperidine rings is 1. The molecule has 0 bridgehead atoms. The Kier molecular flexibility index (Phi) is 6.85. The van der Waals surface area contributed by atoms with Crippen molar-refractivity contribution in [1.82, 2.24) is 9.62 Å². The molecule has 1 aromatic carbocycles. The lowest BCUT2D eigenvalue weighted by atomic mass is 10.0. The van der Waals surface area contributed by atoms with E-state index < -0.39 is 10.0 Å². The topological polar surface area (TPSA) is 75.7 Å². The molecule has 140 valence electrons. The van der Waals surface area contributed by atoms with Crippen LogP contribution in [0.3, 0.4) is 0 Å². The number of nitrogens with one attached hydrogen (secondary N) is 1. The second-order valence-electron chi connectivity index (χ2n) is 6.59. The Labute approximate surface area is 154 Å². The number of halogens is 1. The zero-order valence-electron chi connectivity index (χ0n) is 14.8. The molecule has 2 rings (SSSR count). The molecule has 25 heavy (non-hydrogen) atoms. The fourth-order valence-electron chi connectivity index (χ4n) is 2.94.